The van der Waals surface area contributed by atoms with E-state index in [0.29, 0.717) is 27.8 Å². The van der Waals surface area contributed by atoms with Gasteiger partial charge in [0.25, 0.3) is 5.56 Å². The van der Waals surface area contributed by atoms with Gasteiger partial charge in [-0.25, -0.2) is 14.8 Å². The maximum Gasteiger partial charge on any atom is 0.333 e. The van der Waals surface area contributed by atoms with Crippen LogP contribution in [0, 0.1) is 0 Å². The zero-order valence-electron chi connectivity index (χ0n) is 18.3. The van der Waals surface area contributed by atoms with E-state index in [1.54, 1.807) is 42.5 Å². The van der Waals surface area contributed by atoms with Gasteiger partial charge in [-0.05, 0) is 29.8 Å². The predicted molar refractivity (Wildman–Crippen MR) is 127 cm³/mol. The van der Waals surface area contributed by atoms with Crippen LogP contribution >= 0.6 is 11.6 Å². The average Bonchev–Trinajstić information content (AvgIpc) is 2.85. The quantitative estimate of drug-likeness (QED) is 0.430. The van der Waals surface area contributed by atoms with Crippen LogP contribution < -0.4 is 26.0 Å². The Balaban J connectivity index is 1.70. The van der Waals surface area contributed by atoms with Gasteiger partial charge >= 0.3 is 5.69 Å². The number of anilines is 1. The predicted octanol–water partition coefficient (Wildman–Crippen LogP) is 2.31. The maximum atomic E-state index is 13.3. The second-order valence-corrected chi connectivity index (χ2v) is 7.67. The third-order valence-corrected chi connectivity index (χ3v) is 5.32. The lowest BCUT2D eigenvalue weighted by Crippen LogP contribution is -2.42. The van der Waals surface area contributed by atoms with Crippen LogP contribution in [0.4, 0.5) is 5.69 Å². The third kappa shape index (κ3) is 4.62. The molecule has 0 bridgehead atoms. The number of ether oxygens (including phenoxy) is 2. The smallest absolute Gasteiger partial charge is 0.333 e. The number of amides is 1. The van der Waals surface area contributed by atoms with Crippen LogP contribution in [0.3, 0.4) is 0 Å². The highest BCUT2D eigenvalue weighted by Gasteiger charge is 2.18. The second kappa shape index (κ2) is 9.75. The summed E-state index contributed by atoms with van der Waals surface area (Å²) in [4.78, 5) is 47.3. The minimum absolute atomic E-state index is 0.0152. The molecule has 0 spiro atoms. The molecule has 2 aromatic carbocycles. The number of nitrogens with zero attached hydrogens (tertiary/aromatic N) is 4. The lowest BCUT2D eigenvalue weighted by molar-refractivity contribution is -0.116. The lowest BCUT2D eigenvalue weighted by atomic mass is 10.2. The van der Waals surface area contributed by atoms with Crippen LogP contribution in [-0.4, -0.2) is 39.2 Å². The van der Waals surface area contributed by atoms with Crippen LogP contribution in [0.25, 0.3) is 11.2 Å². The van der Waals surface area contributed by atoms with E-state index in [-0.39, 0.29) is 24.3 Å². The van der Waals surface area contributed by atoms with Crippen molar-refractivity contribution in [2.75, 3.05) is 19.5 Å². The molecule has 1 N–H and O–H groups in total. The highest BCUT2D eigenvalue weighted by atomic mass is 35.5. The molecule has 0 aliphatic rings. The molecule has 0 aliphatic carbocycles. The van der Waals surface area contributed by atoms with E-state index in [9.17, 15) is 14.4 Å². The number of carbonyl (C=O) groups is 1. The van der Waals surface area contributed by atoms with Crippen molar-refractivity contribution in [2.24, 2.45) is 0 Å². The summed E-state index contributed by atoms with van der Waals surface area (Å²) in [5, 5.41) is 3.25. The highest BCUT2D eigenvalue weighted by molar-refractivity contribution is 6.30. The van der Waals surface area contributed by atoms with Gasteiger partial charge in [-0.1, -0.05) is 23.7 Å². The molecule has 174 valence electrons. The van der Waals surface area contributed by atoms with Gasteiger partial charge in [-0.15, -0.1) is 0 Å². The first kappa shape index (κ1) is 23.0. The van der Waals surface area contributed by atoms with Crippen molar-refractivity contribution in [1.29, 1.82) is 0 Å². The molecule has 11 heteroatoms. The fraction of sp³-hybridized carbons (Fsp3) is 0.174. The monoisotopic (exact) mass is 481 g/mol. The first-order chi connectivity index (χ1) is 16.4. The van der Waals surface area contributed by atoms with E-state index in [4.69, 9.17) is 21.1 Å². The summed E-state index contributed by atoms with van der Waals surface area (Å²) in [7, 11) is 2.99. The molecular weight excluding hydrogens is 462 g/mol. The fourth-order valence-corrected chi connectivity index (χ4v) is 3.57. The Morgan fingerprint density at radius 3 is 2.38 bits per heavy atom. The van der Waals surface area contributed by atoms with Crippen LogP contribution in [0.2, 0.25) is 5.02 Å². The first-order valence-electron chi connectivity index (χ1n) is 10.1. The van der Waals surface area contributed by atoms with E-state index >= 15 is 0 Å². The number of rotatable bonds is 7. The zero-order chi connectivity index (χ0) is 24.2. The molecule has 2 aromatic heterocycles. The molecule has 1 amide bonds. The molecule has 34 heavy (non-hydrogen) atoms. The zero-order valence-corrected chi connectivity index (χ0v) is 19.1. The summed E-state index contributed by atoms with van der Waals surface area (Å²) >= 11 is 5.93. The van der Waals surface area contributed by atoms with E-state index in [1.807, 2.05) is 0 Å². The number of hydrogen-bond donors (Lipinski definition) is 1. The largest absolute Gasteiger partial charge is 0.493 e. The van der Waals surface area contributed by atoms with Crippen LogP contribution in [0.1, 0.15) is 5.56 Å². The minimum Gasteiger partial charge on any atom is -0.493 e. The summed E-state index contributed by atoms with van der Waals surface area (Å²) < 4.78 is 12.6. The Kier molecular flexibility index (Phi) is 6.60. The van der Waals surface area contributed by atoms with Crippen molar-refractivity contribution < 1.29 is 14.3 Å². The van der Waals surface area contributed by atoms with Crippen molar-refractivity contribution in [2.45, 2.75) is 13.1 Å². The van der Waals surface area contributed by atoms with E-state index in [2.05, 4.69) is 15.3 Å². The maximum absolute atomic E-state index is 13.3. The van der Waals surface area contributed by atoms with E-state index in [1.165, 1.54) is 26.6 Å². The van der Waals surface area contributed by atoms with Crippen LogP contribution in [-0.2, 0) is 17.9 Å². The van der Waals surface area contributed by atoms with Crippen molar-refractivity contribution >= 4 is 34.4 Å². The van der Waals surface area contributed by atoms with Gasteiger partial charge in [-0.2, -0.15) is 0 Å². The number of carbonyl (C=O) groups excluding carboxylic acids is 1. The minimum atomic E-state index is -0.685. The standard InChI is InChI=1S/C23H20ClN5O5/c1-33-17-8-7-16(11-18(17)34-2)27-19(30)13-28-21-20(25-9-10-26-21)22(31)29(23(28)32)12-14-3-5-15(24)6-4-14/h3-11H,12-13H2,1-2H3,(H,27,30). The molecule has 10 nitrogen and oxygen atoms in total. The number of aromatic nitrogens is 4. The highest BCUT2D eigenvalue weighted by Crippen LogP contribution is 2.29. The summed E-state index contributed by atoms with van der Waals surface area (Å²) in [6.07, 6.45) is 2.71. The molecule has 0 radical (unpaired) electrons. The van der Waals surface area contributed by atoms with Crippen molar-refractivity contribution in [3.05, 3.63) is 86.3 Å². The SMILES string of the molecule is COc1ccc(NC(=O)Cn2c(=O)n(Cc3ccc(Cl)cc3)c(=O)c3nccnc32)cc1OC. The fourth-order valence-electron chi connectivity index (χ4n) is 3.44. The molecule has 4 aromatic rings. The van der Waals surface area contributed by atoms with Gasteiger partial charge in [0.2, 0.25) is 5.91 Å². The van der Waals surface area contributed by atoms with Crippen molar-refractivity contribution in [1.82, 2.24) is 19.1 Å². The van der Waals surface area contributed by atoms with E-state index < -0.39 is 17.2 Å². The topological polar surface area (TPSA) is 117 Å². The number of nitrogens with one attached hydrogen (secondary N) is 1. The number of hydrogen-bond acceptors (Lipinski definition) is 7. The number of benzene rings is 2. The van der Waals surface area contributed by atoms with Crippen LogP contribution in [0.5, 0.6) is 11.5 Å². The molecule has 0 saturated carbocycles. The summed E-state index contributed by atoms with van der Waals surface area (Å²) in [5.74, 6) is 0.440. The van der Waals surface area contributed by atoms with Gasteiger partial charge < -0.3 is 14.8 Å². The molecule has 0 saturated heterocycles. The summed E-state index contributed by atoms with van der Waals surface area (Å²) in [6.45, 7) is -0.401. The Hall–Kier alpha value is -4.18. The Labute approximate surface area is 198 Å². The average molecular weight is 482 g/mol. The van der Waals surface area contributed by atoms with Gasteiger partial charge in [0.15, 0.2) is 22.7 Å². The Morgan fingerprint density at radius 2 is 1.68 bits per heavy atom. The second-order valence-electron chi connectivity index (χ2n) is 7.23. The van der Waals surface area contributed by atoms with Gasteiger partial charge in [0, 0.05) is 29.2 Å². The normalized spacial score (nSPS) is 10.8. The molecule has 2 heterocycles. The van der Waals surface area contributed by atoms with Crippen molar-refractivity contribution in [3.8, 4) is 11.5 Å². The molecular formula is C23H20ClN5O5. The van der Waals surface area contributed by atoms with Crippen LogP contribution in [0.15, 0.2) is 64.4 Å². The number of methoxy groups -OCH3 is 2. The summed E-state index contributed by atoms with van der Waals surface area (Å²) in [6, 6.07) is 11.6. The molecule has 0 fully saturated rings. The molecule has 4 rings (SSSR count). The van der Waals surface area contributed by atoms with E-state index in [0.717, 1.165) is 9.13 Å². The van der Waals surface area contributed by atoms with Crippen molar-refractivity contribution in [3.63, 3.8) is 0 Å². The lowest BCUT2D eigenvalue weighted by Gasteiger charge is -2.14. The third-order valence-electron chi connectivity index (χ3n) is 5.07. The molecule has 0 aliphatic heterocycles. The van der Waals surface area contributed by atoms with Gasteiger partial charge in [-0.3, -0.25) is 18.7 Å². The molecule has 0 unspecified atom stereocenters. The Bertz CT molecular complexity index is 1480. The Morgan fingerprint density at radius 1 is 0.971 bits per heavy atom. The number of halogens is 1. The first-order valence-corrected chi connectivity index (χ1v) is 10.5. The molecule has 0 atom stereocenters. The van der Waals surface area contributed by atoms with Gasteiger partial charge in [0.05, 0.1) is 20.8 Å². The van der Waals surface area contributed by atoms with Gasteiger partial charge in [0.1, 0.15) is 6.54 Å². The number of fused-ring (bicyclic) bond motifs is 1. The summed E-state index contributed by atoms with van der Waals surface area (Å²) in [5.41, 5.74) is -0.147.